The highest BCUT2D eigenvalue weighted by Crippen LogP contribution is 2.26. The summed E-state index contributed by atoms with van der Waals surface area (Å²) >= 11 is 0. The summed E-state index contributed by atoms with van der Waals surface area (Å²) in [7, 11) is -2.28. The Morgan fingerprint density at radius 3 is 2.22 bits per heavy atom. The lowest BCUT2D eigenvalue weighted by atomic mass is 10.1. The highest BCUT2D eigenvalue weighted by Gasteiger charge is 2.21. The zero-order valence-electron chi connectivity index (χ0n) is 18.5. The number of ether oxygens (including phenoxy) is 2. The summed E-state index contributed by atoms with van der Waals surface area (Å²) in [6.07, 6.45) is 0.651. The van der Waals surface area contributed by atoms with Gasteiger partial charge in [-0.1, -0.05) is 5.16 Å². The molecule has 0 radical (unpaired) electrons. The van der Waals surface area contributed by atoms with Gasteiger partial charge in [0.25, 0.3) is 10.0 Å². The number of aromatic nitrogens is 1. The molecule has 0 atom stereocenters. The summed E-state index contributed by atoms with van der Waals surface area (Å²) in [4.78, 5) is 12.3. The monoisotopic (exact) mass is 458 g/mol. The Morgan fingerprint density at radius 1 is 1.03 bits per heavy atom. The third kappa shape index (κ3) is 5.28. The topological polar surface area (TPSA) is 98.9 Å². The lowest BCUT2D eigenvalue weighted by Crippen LogP contribution is -2.26. The Kier molecular flexibility index (Phi) is 7.19. The van der Waals surface area contributed by atoms with Crippen LogP contribution in [0.4, 0.5) is 5.69 Å². The number of hydrogen-bond donors (Lipinski definition) is 0. The van der Waals surface area contributed by atoms with Crippen molar-refractivity contribution in [3.63, 3.8) is 0 Å². The van der Waals surface area contributed by atoms with Gasteiger partial charge in [0, 0.05) is 12.6 Å². The fraction of sp³-hybridized carbons (Fsp3) is 0.304. The van der Waals surface area contributed by atoms with E-state index < -0.39 is 16.0 Å². The fourth-order valence-corrected chi connectivity index (χ4v) is 4.36. The van der Waals surface area contributed by atoms with Crippen molar-refractivity contribution in [2.75, 3.05) is 18.0 Å². The van der Waals surface area contributed by atoms with Crippen molar-refractivity contribution in [1.29, 1.82) is 0 Å². The minimum atomic E-state index is -3.75. The molecule has 0 fully saturated rings. The van der Waals surface area contributed by atoms with Crippen LogP contribution >= 0.6 is 0 Å². The zero-order valence-corrected chi connectivity index (χ0v) is 19.3. The summed E-state index contributed by atoms with van der Waals surface area (Å²) in [5, 5.41) is 3.87. The Morgan fingerprint density at radius 2 is 1.66 bits per heavy atom. The first kappa shape index (κ1) is 23.3. The summed E-state index contributed by atoms with van der Waals surface area (Å²) < 4.78 is 42.8. The maximum Gasteiger partial charge on any atom is 0.311 e. The van der Waals surface area contributed by atoms with Crippen LogP contribution in [0.15, 0.2) is 57.9 Å². The number of rotatable bonds is 9. The quantitative estimate of drug-likeness (QED) is 0.352. The number of aryl methyl sites for hydroxylation is 2. The number of nitrogens with zero attached hydrogens (tertiary/aromatic N) is 2. The van der Waals surface area contributed by atoms with Crippen molar-refractivity contribution in [2.45, 2.75) is 38.5 Å². The number of hydrogen-bond acceptors (Lipinski definition) is 7. The van der Waals surface area contributed by atoms with Crippen molar-refractivity contribution in [3.8, 4) is 11.5 Å². The third-order valence-corrected chi connectivity index (χ3v) is 6.79. The molecule has 3 rings (SSSR count). The molecule has 9 heteroatoms. The molecule has 32 heavy (non-hydrogen) atoms. The Bertz CT molecular complexity index is 1150. The van der Waals surface area contributed by atoms with Gasteiger partial charge >= 0.3 is 5.97 Å². The number of benzene rings is 2. The van der Waals surface area contributed by atoms with Gasteiger partial charge in [-0.05, 0) is 75.7 Å². The minimum Gasteiger partial charge on any atom is -0.494 e. The Balaban J connectivity index is 1.63. The first-order valence-electron chi connectivity index (χ1n) is 10.2. The first-order chi connectivity index (χ1) is 15.2. The van der Waals surface area contributed by atoms with Crippen LogP contribution in [0, 0.1) is 13.8 Å². The molecule has 0 bridgehead atoms. The second-order valence-corrected chi connectivity index (χ2v) is 9.12. The predicted molar refractivity (Wildman–Crippen MR) is 120 cm³/mol. The number of carbonyl (C=O) groups is 1. The zero-order chi connectivity index (χ0) is 23.3. The number of anilines is 1. The van der Waals surface area contributed by atoms with Crippen molar-refractivity contribution >= 4 is 21.7 Å². The van der Waals surface area contributed by atoms with Crippen LogP contribution < -0.4 is 13.8 Å². The molecule has 0 N–H and O–H groups in total. The molecule has 0 amide bonds. The summed E-state index contributed by atoms with van der Waals surface area (Å²) in [6, 6.07) is 12.6. The number of sulfonamides is 1. The molecule has 170 valence electrons. The normalized spacial score (nSPS) is 11.2. The molecular formula is C23H26N2O6S. The molecule has 1 aromatic heterocycles. The standard InChI is InChI=1S/C23H26N2O6S/c1-5-29-19-10-12-21(13-11-19)32(27,28)25(4)18-6-8-20(9-7-18)30-23(26)15-14-22-16(2)24-31-17(22)3/h6-13H,5,14-15H2,1-4H3. The van der Waals surface area contributed by atoms with Crippen molar-refractivity contribution < 1.29 is 27.2 Å². The van der Waals surface area contributed by atoms with E-state index in [0.29, 0.717) is 36.0 Å². The van der Waals surface area contributed by atoms with E-state index in [-0.39, 0.29) is 11.3 Å². The highest BCUT2D eigenvalue weighted by atomic mass is 32.2. The van der Waals surface area contributed by atoms with Crippen LogP contribution in [-0.4, -0.2) is 33.2 Å². The summed E-state index contributed by atoms with van der Waals surface area (Å²) in [5.74, 6) is 1.24. The van der Waals surface area contributed by atoms with Crippen LogP contribution in [0.5, 0.6) is 11.5 Å². The van der Waals surface area contributed by atoms with E-state index in [2.05, 4.69) is 5.16 Å². The summed E-state index contributed by atoms with van der Waals surface area (Å²) in [6.45, 7) is 5.99. The SMILES string of the molecule is CCOc1ccc(S(=O)(=O)N(C)c2ccc(OC(=O)CCc3c(C)noc3C)cc2)cc1. The molecule has 0 aliphatic rings. The van der Waals surface area contributed by atoms with Crippen LogP contribution in [0.1, 0.15) is 30.4 Å². The molecule has 2 aromatic carbocycles. The maximum absolute atomic E-state index is 12.9. The fourth-order valence-electron chi connectivity index (χ4n) is 3.16. The van der Waals surface area contributed by atoms with Gasteiger partial charge in [0.1, 0.15) is 17.3 Å². The molecule has 3 aromatic rings. The van der Waals surface area contributed by atoms with Gasteiger partial charge in [0.15, 0.2) is 0 Å². The Hall–Kier alpha value is -3.33. The highest BCUT2D eigenvalue weighted by molar-refractivity contribution is 7.92. The van der Waals surface area contributed by atoms with Gasteiger partial charge in [-0.3, -0.25) is 9.10 Å². The second-order valence-electron chi connectivity index (χ2n) is 7.15. The lowest BCUT2D eigenvalue weighted by molar-refractivity contribution is -0.134. The second kappa shape index (κ2) is 9.86. The molecule has 1 heterocycles. The van der Waals surface area contributed by atoms with Crippen LogP contribution in [0.3, 0.4) is 0 Å². The van der Waals surface area contributed by atoms with Gasteiger partial charge < -0.3 is 14.0 Å². The molecule has 0 spiro atoms. The van der Waals surface area contributed by atoms with Crippen molar-refractivity contribution in [3.05, 3.63) is 65.5 Å². The van der Waals surface area contributed by atoms with Crippen molar-refractivity contribution in [1.82, 2.24) is 5.16 Å². The third-order valence-electron chi connectivity index (χ3n) is 4.99. The van der Waals surface area contributed by atoms with Gasteiger partial charge in [-0.25, -0.2) is 8.42 Å². The van der Waals surface area contributed by atoms with E-state index in [9.17, 15) is 13.2 Å². The van der Waals surface area contributed by atoms with Crippen LogP contribution in [-0.2, 0) is 21.2 Å². The average molecular weight is 459 g/mol. The van der Waals surface area contributed by atoms with E-state index >= 15 is 0 Å². The maximum atomic E-state index is 12.9. The molecule has 0 aliphatic carbocycles. The van der Waals surface area contributed by atoms with Gasteiger partial charge in [-0.2, -0.15) is 0 Å². The molecule has 0 saturated heterocycles. The smallest absolute Gasteiger partial charge is 0.311 e. The van der Waals surface area contributed by atoms with Gasteiger partial charge in [0.2, 0.25) is 0 Å². The molecule has 0 aliphatic heterocycles. The largest absolute Gasteiger partial charge is 0.494 e. The van der Waals surface area contributed by atoms with E-state index in [1.807, 2.05) is 13.8 Å². The van der Waals surface area contributed by atoms with E-state index in [4.69, 9.17) is 14.0 Å². The van der Waals surface area contributed by atoms with Crippen LogP contribution in [0.25, 0.3) is 0 Å². The first-order valence-corrected chi connectivity index (χ1v) is 11.6. The molecule has 0 saturated carbocycles. The van der Waals surface area contributed by atoms with E-state index in [1.54, 1.807) is 43.3 Å². The van der Waals surface area contributed by atoms with E-state index in [0.717, 1.165) is 11.3 Å². The predicted octanol–water partition coefficient (Wildman–Crippen LogP) is 4.05. The van der Waals surface area contributed by atoms with Crippen LogP contribution in [0.2, 0.25) is 0 Å². The summed E-state index contributed by atoms with van der Waals surface area (Å²) in [5.41, 5.74) is 2.10. The minimum absolute atomic E-state index is 0.151. The average Bonchev–Trinajstić information content (AvgIpc) is 3.10. The molecule has 0 unspecified atom stereocenters. The van der Waals surface area contributed by atoms with E-state index in [1.165, 1.54) is 23.5 Å². The van der Waals surface area contributed by atoms with Crippen molar-refractivity contribution in [2.24, 2.45) is 0 Å². The number of carbonyl (C=O) groups excluding carboxylic acids is 1. The molecular weight excluding hydrogens is 432 g/mol. The number of esters is 1. The van der Waals surface area contributed by atoms with Gasteiger partial charge in [0.05, 0.1) is 29.3 Å². The Labute approximate surface area is 187 Å². The molecule has 8 nitrogen and oxygen atoms in total. The van der Waals surface area contributed by atoms with Gasteiger partial charge in [-0.15, -0.1) is 0 Å². The lowest BCUT2D eigenvalue weighted by Gasteiger charge is -2.20.